The van der Waals surface area contributed by atoms with E-state index in [9.17, 15) is 8.42 Å². The molecular formula is C21H29IN4O3S. The Morgan fingerprint density at radius 1 is 1.17 bits per heavy atom. The highest BCUT2D eigenvalue weighted by Gasteiger charge is 2.20. The highest BCUT2D eigenvalue weighted by molar-refractivity contribution is 14.0. The number of aryl methyl sites for hydroxylation is 2. The van der Waals surface area contributed by atoms with Crippen LogP contribution in [0, 0.1) is 13.8 Å². The van der Waals surface area contributed by atoms with Crippen LogP contribution in [0.2, 0.25) is 0 Å². The number of hydrogen-bond donors (Lipinski definition) is 3. The van der Waals surface area contributed by atoms with Crippen LogP contribution >= 0.6 is 24.0 Å². The van der Waals surface area contributed by atoms with Crippen molar-refractivity contribution in [2.24, 2.45) is 10.7 Å². The molecule has 2 aromatic rings. The molecular weight excluding hydrogens is 515 g/mol. The van der Waals surface area contributed by atoms with Gasteiger partial charge in [0.1, 0.15) is 0 Å². The molecule has 164 valence electrons. The first-order chi connectivity index (χ1) is 13.8. The lowest BCUT2D eigenvalue weighted by Crippen LogP contribution is -2.31. The molecule has 0 bridgehead atoms. The van der Waals surface area contributed by atoms with Crippen LogP contribution in [0.15, 0.2) is 52.4 Å². The molecule has 9 heteroatoms. The van der Waals surface area contributed by atoms with Gasteiger partial charge < -0.3 is 15.8 Å². The molecule has 1 atom stereocenters. The van der Waals surface area contributed by atoms with E-state index in [0.717, 1.165) is 35.2 Å². The summed E-state index contributed by atoms with van der Waals surface area (Å²) < 4.78 is 32.9. The molecule has 1 unspecified atom stereocenters. The quantitative estimate of drug-likeness (QED) is 0.282. The summed E-state index contributed by atoms with van der Waals surface area (Å²) in [4.78, 5) is 4.56. The van der Waals surface area contributed by atoms with Gasteiger partial charge in [0.25, 0.3) is 0 Å². The third-order valence-electron chi connectivity index (χ3n) is 4.68. The van der Waals surface area contributed by atoms with E-state index in [1.807, 2.05) is 26.0 Å². The summed E-state index contributed by atoms with van der Waals surface area (Å²) in [5, 5.41) is 3.08. The number of benzene rings is 2. The summed E-state index contributed by atoms with van der Waals surface area (Å²) in [6.07, 6.45) is 1.83. The van der Waals surface area contributed by atoms with Gasteiger partial charge in [-0.15, -0.1) is 24.0 Å². The fourth-order valence-electron chi connectivity index (χ4n) is 3.28. The number of aliphatic imine (C=N–C) groups is 1. The molecule has 30 heavy (non-hydrogen) atoms. The van der Waals surface area contributed by atoms with Crippen LogP contribution in [0.3, 0.4) is 0 Å². The molecule has 0 aliphatic carbocycles. The lowest BCUT2D eigenvalue weighted by molar-refractivity contribution is 0.114. The van der Waals surface area contributed by atoms with Gasteiger partial charge in [-0.2, -0.15) is 0 Å². The van der Waals surface area contributed by atoms with Crippen LogP contribution in [0.25, 0.3) is 0 Å². The third-order valence-corrected chi connectivity index (χ3v) is 6.12. The monoisotopic (exact) mass is 544 g/mol. The van der Waals surface area contributed by atoms with Gasteiger partial charge in [0, 0.05) is 18.8 Å². The summed E-state index contributed by atoms with van der Waals surface area (Å²) in [5.74, 6) is 0.310. The van der Waals surface area contributed by atoms with Crippen LogP contribution in [0.1, 0.15) is 29.5 Å². The lowest BCUT2D eigenvalue weighted by atomic mass is 10.1. The Bertz CT molecular complexity index is 952. The van der Waals surface area contributed by atoms with Gasteiger partial charge >= 0.3 is 0 Å². The van der Waals surface area contributed by atoms with E-state index >= 15 is 0 Å². The Balaban J connectivity index is 0.00000320. The summed E-state index contributed by atoms with van der Waals surface area (Å²) in [6, 6.07) is 12.7. The molecule has 1 aliphatic rings. The van der Waals surface area contributed by atoms with Crippen molar-refractivity contribution in [3.8, 4) is 0 Å². The number of rotatable bonds is 7. The van der Waals surface area contributed by atoms with Gasteiger partial charge in [-0.25, -0.2) is 18.1 Å². The molecule has 1 heterocycles. The maximum absolute atomic E-state index is 12.4. The van der Waals surface area contributed by atoms with Crippen molar-refractivity contribution < 1.29 is 13.2 Å². The van der Waals surface area contributed by atoms with Gasteiger partial charge in [-0.3, -0.25) is 0 Å². The summed E-state index contributed by atoms with van der Waals surface area (Å²) in [5.41, 5.74) is 10.0. The Kier molecular flexibility index (Phi) is 9.08. The molecule has 0 aromatic heterocycles. The van der Waals surface area contributed by atoms with E-state index in [1.165, 1.54) is 0 Å². The second-order valence-corrected chi connectivity index (χ2v) is 9.10. The molecule has 0 spiro atoms. The number of guanidine groups is 1. The first kappa shape index (κ1) is 24.6. The van der Waals surface area contributed by atoms with Crippen LogP contribution in [0.5, 0.6) is 0 Å². The van der Waals surface area contributed by atoms with Gasteiger partial charge in [0.2, 0.25) is 10.0 Å². The Labute approximate surface area is 195 Å². The fraction of sp³-hybridized carbons (Fsp3) is 0.381. The molecule has 3 rings (SSSR count). The summed E-state index contributed by atoms with van der Waals surface area (Å²) in [7, 11) is -3.55. The van der Waals surface area contributed by atoms with Gasteiger partial charge in [-0.1, -0.05) is 18.2 Å². The predicted molar refractivity (Wildman–Crippen MR) is 131 cm³/mol. The minimum Gasteiger partial charge on any atom is -0.377 e. The Morgan fingerprint density at radius 3 is 2.43 bits per heavy atom. The van der Waals surface area contributed by atoms with Crippen LogP contribution < -0.4 is 15.8 Å². The fourth-order valence-corrected chi connectivity index (χ4v) is 4.34. The van der Waals surface area contributed by atoms with E-state index in [4.69, 9.17) is 10.5 Å². The zero-order valence-electron chi connectivity index (χ0n) is 17.2. The average molecular weight is 544 g/mol. The smallest absolute Gasteiger partial charge is 0.240 e. The second kappa shape index (κ2) is 11.1. The lowest BCUT2D eigenvalue weighted by Gasteiger charge is -2.11. The van der Waals surface area contributed by atoms with Gasteiger partial charge in [0.15, 0.2) is 5.96 Å². The Morgan fingerprint density at radius 2 is 1.83 bits per heavy atom. The first-order valence-electron chi connectivity index (χ1n) is 9.67. The number of sulfonamides is 1. The molecule has 1 saturated heterocycles. The molecule has 0 radical (unpaired) electrons. The largest absolute Gasteiger partial charge is 0.377 e. The number of ether oxygens (including phenoxy) is 1. The molecule has 1 aliphatic heterocycles. The Hall–Kier alpha value is -1.69. The standard InChI is InChI=1S/C21H28N4O3S.HI/c1-15-10-16(2)12-18(11-15)25-21(22)23-13-17-5-7-20(8-6-17)29(26,27)24-14-19-4-3-9-28-19;/h5-8,10-12,19,24H,3-4,9,13-14H2,1-2H3,(H3,22,23,25);1H. The molecule has 0 amide bonds. The highest BCUT2D eigenvalue weighted by atomic mass is 127. The average Bonchev–Trinajstić information content (AvgIpc) is 3.18. The van der Waals surface area contributed by atoms with E-state index in [2.05, 4.69) is 21.1 Å². The number of anilines is 1. The van der Waals surface area contributed by atoms with E-state index < -0.39 is 10.0 Å². The highest BCUT2D eigenvalue weighted by Crippen LogP contribution is 2.15. The van der Waals surface area contributed by atoms with Crippen molar-refractivity contribution in [3.63, 3.8) is 0 Å². The summed E-state index contributed by atoms with van der Waals surface area (Å²) >= 11 is 0. The molecule has 4 N–H and O–H groups in total. The van der Waals surface area contributed by atoms with Crippen LogP contribution in [0.4, 0.5) is 5.69 Å². The van der Waals surface area contributed by atoms with E-state index in [0.29, 0.717) is 25.7 Å². The maximum atomic E-state index is 12.4. The van der Waals surface area contributed by atoms with Crippen molar-refractivity contribution in [2.75, 3.05) is 18.5 Å². The minimum absolute atomic E-state index is 0. The van der Waals surface area contributed by atoms with Crippen molar-refractivity contribution in [2.45, 2.75) is 44.2 Å². The number of nitrogens with zero attached hydrogens (tertiary/aromatic N) is 1. The van der Waals surface area contributed by atoms with Crippen LogP contribution in [-0.2, 0) is 21.3 Å². The van der Waals surface area contributed by atoms with E-state index in [-0.39, 0.29) is 35.0 Å². The minimum atomic E-state index is -3.55. The van der Waals surface area contributed by atoms with E-state index in [1.54, 1.807) is 24.3 Å². The second-order valence-electron chi connectivity index (χ2n) is 7.33. The number of halogens is 1. The number of hydrogen-bond acceptors (Lipinski definition) is 4. The topological polar surface area (TPSA) is 106 Å². The van der Waals surface area contributed by atoms with Crippen molar-refractivity contribution >= 4 is 45.6 Å². The predicted octanol–water partition coefficient (Wildman–Crippen LogP) is 3.31. The van der Waals surface area contributed by atoms with Crippen molar-refractivity contribution in [1.82, 2.24) is 4.72 Å². The van der Waals surface area contributed by atoms with Crippen molar-refractivity contribution in [3.05, 3.63) is 59.2 Å². The van der Waals surface area contributed by atoms with Gasteiger partial charge in [0.05, 0.1) is 17.5 Å². The molecule has 2 aromatic carbocycles. The summed E-state index contributed by atoms with van der Waals surface area (Å²) in [6.45, 7) is 5.40. The number of nitrogens with one attached hydrogen (secondary N) is 2. The van der Waals surface area contributed by atoms with Crippen molar-refractivity contribution in [1.29, 1.82) is 0 Å². The maximum Gasteiger partial charge on any atom is 0.240 e. The van der Waals surface area contributed by atoms with Gasteiger partial charge in [-0.05, 0) is 67.6 Å². The third kappa shape index (κ3) is 7.22. The number of nitrogens with two attached hydrogens (primary N) is 1. The normalized spacial score (nSPS) is 16.9. The SMILES string of the molecule is Cc1cc(C)cc(NC(N)=NCc2ccc(S(=O)(=O)NCC3CCCO3)cc2)c1.I. The molecule has 1 fully saturated rings. The van der Waals surface area contributed by atoms with Crippen LogP contribution in [-0.4, -0.2) is 33.6 Å². The first-order valence-corrected chi connectivity index (χ1v) is 11.2. The molecule has 7 nitrogen and oxygen atoms in total. The molecule has 0 saturated carbocycles. The zero-order valence-corrected chi connectivity index (χ0v) is 20.4. The zero-order chi connectivity index (χ0) is 20.9.